The molecule has 27 heavy (non-hydrogen) atoms. The van der Waals surface area contributed by atoms with Crippen molar-refractivity contribution in [3.8, 4) is 0 Å². The van der Waals surface area contributed by atoms with Crippen molar-refractivity contribution in [2.24, 2.45) is 7.05 Å². The third-order valence-electron chi connectivity index (χ3n) is 3.57. The highest BCUT2D eigenvalue weighted by Gasteiger charge is 2.20. The predicted molar refractivity (Wildman–Crippen MR) is 110 cm³/mol. The number of rotatable bonds is 6. The highest BCUT2D eigenvalue weighted by Crippen LogP contribution is 2.21. The van der Waals surface area contributed by atoms with Crippen molar-refractivity contribution >= 4 is 39.5 Å². The minimum absolute atomic E-state index is 0.0627. The van der Waals surface area contributed by atoms with Crippen molar-refractivity contribution in [3.63, 3.8) is 0 Å². The van der Waals surface area contributed by atoms with Gasteiger partial charge in [-0.05, 0) is 55.8 Å². The van der Waals surface area contributed by atoms with Gasteiger partial charge in [0, 0.05) is 17.1 Å². The van der Waals surface area contributed by atoms with Gasteiger partial charge in [0.15, 0.2) is 11.0 Å². The number of hydrogen-bond donors (Lipinski definition) is 2. The summed E-state index contributed by atoms with van der Waals surface area (Å²) in [7, 11) is 1.82. The van der Waals surface area contributed by atoms with Crippen molar-refractivity contribution in [1.82, 2.24) is 25.4 Å². The lowest BCUT2D eigenvalue weighted by atomic mass is 10.1. The second-order valence-corrected chi connectivity index (χ2v) is 8.96. The van der Waals surface area contributed by atoms with E-state index in [1.807, 2.05) is 52.9 Å². The SMILES string of the molecule is C[C@H](NC(=O)c1ccccc1Br)c1nnc(SCC(=O)NC(C)(C)C)n1C. The van der Waals surface area contributed by atoms with Gasteiger partial charge in [-0.15, -0.1) is 10.2 Å². The van der Waals surface area contributed by atoms with Crippen LogP contribution in [0.15, 0.2) is 33.9 Å². The van der Waals surface area contributed by atoms with Gasteiger partial charge < -0.3 is 15.2 Å². The van der Waals surface area contributed by atoms with Gasteiger partial charge in [-0.1, -0.05) is 23.9 Å². The average molecular weight is 454 g/mol. The Hall–Kier alpha value is -1.87. The van der Waals surface area contributed by atoms with Gasteiger partial charge in [0.1, 0.15) is 0 Å². The van der Waals surface area contributed by atoms with E-state index in [2.05, 4.69) is 36.8 Å². The van der Waals surface area contributed by atoms with Crippen molar-refractivity contribution in [2.45, 2.75) is 44.4 Å². The maximum absolute atomic E-state index is 12.5. The van der Waals surface area contributed by atoms with Crippen LogP contribution in [0.5, 0.6) is 0 Å². The Morgan fingerprint density at radius 3 is 2.56 bits per heavy atom. The first-order chi connectivity index (χ1) is 12.6. The molecule has 2 rings (SSSR count). The van der Waals surface area contributed by atoms with Crippen molar-refractivity contribution in [2.75, 3.05) is 5.75 Å². The molecule has 7 nitrogen and oxygen atoms in total. The van der Waals surface area contributed by atoms with Gasteiger partial charge in [-0.2, -0.15) is 0 Å². The molecule has 0 aliphatic rings. The molecule has 0 saturated heterocycles. The molecule has 1 heterocycles. The largest absolute Gasteiger partial charge is 0.351 e. The van der Waals surface area contributed by atoms with E-state index >= 15 is 0 Å². The molecule has 1 atom stereocenters. The number of halogens is 1. The number of nitrogens with zero attached hydrogens (tertiary/aromatic N) is 3. The Kier molecular flexibility index (Phi) is 7.05. The summed E-state index contributed by atoms with van der Waals surface area (Å²) >= 11 is 4.69. The third kappa shape index (κ3) is 6.07. The van der Waals surface area contributed by atoms with Crippen LogP contribution in [0.2, 0.25) is 0 Å². The molecule has 0 radical (unpaired) electrons. The topological polar surface area (TPSA) is 88.9 Å². The van der Waals surface area contributed by atoms with E-state index in [1.54, 1.807) is 10.6 Å². The molecule has 0 saturated carbocycles. The molecule has 0 fully saturated rings. The maximum Gasteiger partial charge on any atom is 0.253 e. The van der Waals surface area contributed by atoms with E-state index in [1.165, 1.54) is 11.8 Å². The van der Waals surface area contributed by atoms with Gasteiger partial charge in [0.25, 0.3) is 5.91 Å². The molecule has 0 spiro atoms. The lowest BCUT2D eigenvalue weighted by Crippen LogP contribution is -2.41. The Labute approximate surface area is 171 Å². The number of nitrogens with one attached hydrogen (secondary N) is 2. The van der Waals surface area contributed by atoms with Crippen LogP contribution in [0.3, 0.4) is 0 Å². The molecule has 2 aromatic rings. The molecular weight excluding hydrogens is 430 g/mol. The minimum atomic E-state index is -0.333. The summed E-state index contributed by atoms with van der Waals surface area (Å²) in [4.78, 5) is 24.4. The van der Waals surface area contributed by atoms with E-state index in [9.17, 15) is 9.59 Å². The van der Waals surface area contributed by atoms with Gasteiger partial charge in [0.05, 0.1) is 17.4 Å². The molecule has 0 aliphatic heterocycles. The predicted octanol–water partition coefficient (Wildman–Crippen LogP) is 3.08. The molecule has 1 aromatic carbocycles. The van der Waals surface area contributed by atoms with Crippen LogP contribution in [0, 0.1) is 0 Å². The van der Waals surface area contributed by atoms with Gasteiger partial charge in [-0.3, -0.25) is 9.59 Å². The Morgan fingerprint density at radius 1 is 1.26 bits per heavy atom. The summed E-state index contributed by atoms with van der Waals surface area (Å²) in [5, 5.41) is 14.8. The maximum atomic E-state index is 12.5. The number of carbonyl (C=O) groups excluding carboxylic acids is 2. The molecular formula is C18H24BrN5O2S. The van der Waals surface area contributed by atoms with Crippen molar-refractivity contribution in [1.29, 1.82) is 0 Å². The first kappa shape index (κ1) is 21.4. The lowest BCUT2D eigenvalue weighted by molar-refractivity contribution is -0.119. The average Bonchev–Trinajstić information content (AvgIpc) is 2.92. The summed E-state index contributed by atoms with van der Waals surface area (Å²) < 4.78 is 2.52. The van der Waals surface area contributed by atoms with E-state index in [-0.39, 0.29) is 29.1 Å². The summed E-state index contributed by atoms with van der Waals surface area (Å²) in [5.41, 5.74) is 0.285. The molecule has 0 bridgehead atoms. The van der Waals surface area contributed by atoms with E-state index in [4.69, 9.17) is 0 Å². The molecule has 9 heteroatoms. The van der Waals surface area contributed by atoms with Gasteiger partial charge in [0.2, 0.25) is 5.91 Å². The number of carbonyl (C=O) groups is 2. The molecule has 1 aromatic heterocycles. The summed E-state index contributed by atoms with van der Waals surface area (Å²) in [6, 6.07) is 6.90. The highest BCUT2D eigenvalue weighted by atomic mass is 79.9. The normalized spacial score (nSPS) is 12.5. The van der Waals surface area contributed by atoms with Gasteiger partial charge >= 0.3 is 0 Å². The zero-order valence-electron chi connectivity index (χ0n) is 16.0. The van der Waals surface area contributed by atoms with E-state index in [0.717, 1.165) is 4.47 Å². The Bertz CT molecular complexity index is 831. The van der Waals surface area contributed by atoms with E-state index in [0.29, 0.717) is 16.5 Å². The Morgan fingerprint density at radius 2 is 1.93 bits per heavy atom. The standard InChI is InChI=1S/C18H24BrN5O2S/c1-11(20-16(26)12-8-6-7-9-13(12)19)15-22-23-17(24(15)5)27-10-14(25)21-18(2,3)4/h6-9,11H,10H2,1-5H3,(H,20,26)(H,21,25)/t11-/m0/s1. The van der Waals surface area contributed by atoms with Crippen molar-refractivity contribution < 1.29 is 9.59 Å². The molecule has 2 N–H and O–H groups in total. The smallest absolute Gasteiger partial charge is 0.253 e. The fourth-order valence-corrected chi connectivity index (χ4v) is 3.58. The Balaban J connectivity index is 2.00. The molecule has 2 amide bonds. The monoisotopic (exact) mass is 453 g/mol. The fourth-order valence-electron chi connectivity index (χ4n) is 2.40. The molecule has 0 unspecified atom stereocenters. The number of amides is 2. The van der Waals surface area contributed by atoms with E-state index < -0.39 is 0 Å². The summed E-state index contributed by atoms with van der Waals surface area (Å²) in [6.07, 6.45) is 0. The van der Waals surface area contributed by atoms with Crippen LogP contribution in [0.25, 0.3) is 0 Å². The quantitative estimate of drug-likeness (QED) is 0.655. The summed E-state index contributed by atoms with van der Waals surface area (Å²) in [5.74, 6) is 0.610. The third-order valence-corrected chi connectivity index (χ3v) is 5.28. The fraction of sp³-hybridized carbons (Fsp3) is 0.444. The zero-order chi connectivity index (χ0) is 20.2. The van der Waals surface area contributed by atoms with Crippen molar-refractivity contribution in [3.05, 3.63) is 40.1 Å². The highest BCUT2D eigenvalue weighted by molar-refractivity contribution is 9.10. The minimum Gasteiger partial charge on any atom is -0.351 e. The van der Waals surface area contributed by atoms with Crippen LogP contribution >= 0.6 is 27.7 Å². The molecule has 0 aliphatic carbocycles. The number of hydrogen-bond acceptors (Lipinski definition) is 5. The summed E-state index contributed by atoms with van der Waals surface area (Å²) in [6.45, 7) is 7.65. The van der Waals surface area contributed by atoms with Crippen LogP contribution in [0.4, 0.5) is 0 Å². The lowest BCUT2D eigenvalue weighted by Gasteiger charge is -2.20. The zero-order valence-corrected chi connectivity index (χ0v) is 18.4. The van der Waals surface area contributed by atoms with Crippen LogP contribution in [-0.4, -0.2) is 37.9 Å². The van der Waals surface area contributed by atoms with Crippen LogP contribution in [0.1, 0.15) is 49.9 Å². The number of aromatic nitrogens is 3. The first-order valence-electron chi connectivity index (χ1n) is 8.47. The number of thioether (sulfide) groups is 1. The molecule has 146 valence electrons. The first-order valence-corrected chi connectivity index (χ1v) is 10.2. The van der Waals surface area contributed by atoms with Gasteiger partial charge in [-0.25, -0.2) is 0 Å². The second kappa shape index (κ2) is 8.88. The van der Waals surface area contributed by atoms with Crippen LogP contribution < -0.4 is 10.6 Å². The van der Waals surface area contributed by atoms with Crippen LogP contribution in [-0.2, 0) is 11.8 Å². The second-order valence-electron chi connectivity index (χ2n) is 7.16. The number of benzene rings is 1.